The summed E-state index contributed by atoms with van der Waals surface area (Å²) in [6.07, 6.45) is 4.93. The second-order valence-electron chi connectivity index (χ2n) is 6.09. The Bertz CT molecular complexity index is 418. The number of rotatable bonds is 5. The summed E-state index contributed by atoms with van der Waals surface area (Å²) in [5.74, 6) is 0.773. The van der Waals surface area contributed by atoms with Crippen molar-refractivity contribution in [1.29, 1.82) is 0 Å². The van der Waals surface area contributed by atoms with Crippen LogP contribution in [0.25, 0.3) is 0 Å². The maximum absolute atomic E-state index is 12.1. The van der Waals surface area contributed by atoms with Crippen molar-refractivity contribution in [2.45, 2.75) is 45.2 Å². The molecule has 1 aliphatic carbocycles. The topological polar surface area (TPSA) is 32.3 Å². The number of likely N-dealkylation sites (N-methyl/N-ethyl adjacent to an activating group) is 1. The zero-order chi connectivity index (χ0) is 14.4. The van der Waals surface area contributed by atoms with Crippen molar-refractivity contribution in [3.8, 4) is 0 Å². The molecule has 0 bridgehead atoms. The quantitative estimate of drug-likeness (QED) is 0.895. The Labute approximate surface area is 122 Å². The van der Waals surface area contributed by atoms with Crippen LogP contribution in [0.2, 0.25) is 0 Å². The van der Waals surface area contributed by atoms with Gasteiger partial charge in [0.05, 0.1) is 6.54 Å². The van der Waals surface area contributed by atoms with Gasteiger partial charge in [-0.15, -0.1) is 0 Å². The number of amides is 1. The summed E-state index contributed by atoms with van der Waals surface area (Å²) in [6.45, 7) is 3.53. The summed E-state index contributed by atoms with van der Waals surface area (Å²) in [5, 5.41) is 3.20. The molecule has 0 saturated heterocycles. The lowest BCUT2D eigenvalue weighted by molar-refractivity contribution is -0.123. The molecule has 0 heterocycles. The van der Waals surface area contributed by atoms with E-state index in [0.717, 1.165) is 13.0 Å². The van der Waals surface area contributed by atoms with E-state index in [1.807, 2.05) is 25.2 Å². The molecule has 0 spiro atoms. The second kappa shape index (κ2) is 7.44. The van der Waals surface area contributed by atoms with Gasteiger partial charge in [0.15, 0.2) is 0 Å². The maximum atomic E-state index is 12.1. The molecular formula is C17H26N2O. The van der Waals surface area contributed by atoms with E-state index in [1.165, 1.54) is 24.8 Å². The molecule has 1 aliphatic rings. The predicted molar refractivity (Wildman–Crippen MR) is 82.3 cm³/mol. The molecule has 1 aromatic carbocycles. The van der Waals surface area contributed by atoms with Crippen molar-refractivity contribution in [1.82, 2.24) is 10.2 Å². The molecule has 0 unspecified atom stereocenters. The van der Waals surface area contributed by atoms with Gasteiger partial charge in [0.2, 0.25) is 5.91 Å². The minimum Gasteiger partial charge on any atom is -0.352 e. The molecule has 0 aliphatic heterocycles. The molecular weight excluding hydrogens is 248 g/mol. The molecule has 0 radical (unpaired) electrons. The molecule has 1 amide bonds. The normalized spacial score (nSPS) is 22.8. The van der Waals surface area contributed by atoms with Crippen LogP contribution in [-0.4, -0.2) is 30.4 Å². The van der Waals surface area contributed by atoms with E-state index in [1.54, 1.807) is 0 Å². The van der Waals surface area contributed by atoms with Crippen LogP contribution < -0.4 is 5.32 Å². The molecule has 3 nitrogen and oxygen atoms in total. The number of carbonyl (C=O) groups excluding carboxylic acids is 1. The van der Waals surface area contributed by atoms with Gasteiger partial charge >= 0.3 is 0 Å². The molecule has 2 rings (SSSR count). The SMILES string of the molecule is C[C@H]1CCCC[C@H]1NC(=O)CN(C)Cc1ccccc1. The van der Waals surface area contributed by atoms with Crippen molar-refractivity contribution < 1.29 is 4.79 Å². The van der Waals surface area contributed by atoms with E-state index in [4.69, 9.17) is 0 Å². The number of hydrogen-bond donors (Lipinski definition) is 1. The maximum Gasteiger partial charge on any atom is 0.234 e. The summed E-state index contributed by atoms with van der Waals surface area (Å²) in [7, 11) is 2.00. The van der Waals surface area contributed by atoms with E-state index in [-0.39, 0.29) is 5.91 Å². The predicted octanol–water partition coefficient (Wildman–Crippen LogP) is 2.81. The Balaban J connectivity index is 1.76. The van der Waals surface area contributed by atoms with E-state index in [0.29, 0.717) is 18.5 Å². The van der Waals surface area contributed by atoms with Crippen molar-refractivity contribution >= 4 is 5.91 Å². The van der Waals surface area contributed by atoms with Crippen molar-refractivity contribution in [3.05, 3.63) is 35.9 Å². The minimum absolute atomic E-state index is 0.155. The summed E-state index contributed by atoms with van der Waals surface area (Å²) in [5.41, 5.74) is 1.24. The van der Waals surface area contributed by atoms with Gasteiger partial charge < -0.3 is 5.32 Å². The van der Waals surface area contributed by atoms with Gasteiger partial charge in [0.1, 0.15) is 0 Å². The highest BCUT2D eigenvalue weighted by atomic mass is 16.2. The average Bonchev–Trinajstić information content (AvgIpc) is 2.42. The average molecular weight is 274 g/mol. The van der Waals surface area contributed by atoms with E-state index < -0.39 is 0 Å². The lowest BCUT2D eigenvalue weighted by atomic mass is 9.86. The van der Waals surface area contributed by atoms with E-state index in [2.05, 4.69) is 29.3 Å². The minimum atomic E-state index is 0.155. The molecule has 1 N–H and O–H groups in total. The summed E-state index contributed by atoms with van der Waals surface area (Å²) in [4.78, 5) is 14.2. The number of nitrogens with one attached hydrogen (secondary N) is 1. The Hall–Kier alpha value is -1.35. The van der Waals surface area contributed by atoms with Crippen LogP contribution in [0.3, 0.4) is 0 Å². The number of hydrogen-bond acceptors (Lipinski definition) is 2. The van der Waals surface area contributed by atoms with Gasteiger partial charge in [0, 0.05) is 12.6 Å². The highest BCUT2D eigenvalue weighted by Gasteiger charge is 2.22. The van der Waals surface area contributed by atoms with Gasteiger partial charge in [0.25, 0.3) is 0 Å². The fourth-order valence-electron chi connectivity index (χ4n) is 2.98. The third-order valence-corrected chi connectivity index (χ3v) is 4.17. The molecule has 3 heteroatoms. The molecule has 2 atom stereocenters. The fraction of sp³-hybridized carbons (Fsp3) is 0.588. The third kappa shape index (κ3) is 4.64. The van der Waals surface area contributed by atoms with Crippen LogP contribution in [0.1, 0.15) is 38.2 Å². The smallest absolute Gasteiger partial charge is 0.234 e. The second-order valence-corrected chi connectivity index (χ2v) is 6.09. The van der Waals surface area contributed by atoms with Gasteiger partial charge in [-0.25, -0.2) is 0 Å². The van der Waals surface area contributed by atoms with Crippen LogP contribution in [0.5, 0.6) is 0 Å². The standard InChI is InChI=1S/C17H26N2O/c1-14-8-6-7-11-16(14)18-17(20)13-19(2)12-15-9-4-3-5-10-15/h3-5,9-10,14,16H,6-8,11-13H2,1-2H3,(H,18,20)/t14-,16+/m0/s1. The number of carbonyl (C=O) groups is 1. The summed E-state index contributed by atoms with van der Waals surface area (Å²) in [6, 6.07) is 10.6. The Kier molecular flexibility index (Phi) is 5.60. The lowest BCUT2D eigenvalue weighted by Gasteiger charge is -2.30. The zero-order valence-corrected chi connectivity index (χ0v) is 12.6. The summed E-state index contributed by atoms with van der Waals surface area (Å²) >= 11 is 0. The Morgan fingerprint density at radius 3 is 2.65 bits per heavy atom. The Morgan fingerprint density at radius 1 is 1.25 bits per heavy atom. The first-order chi connectivity index (χ1) is 9.65. The van der Waals surface area contributed by atoms with Crippen molar-refractivity contribution in [3.63, 3.8) is 0 Å². The van der Waals surface area contributed by atoms with Crippen molar-refractivity contribution in [2.75, 3.05) is 13.6 Å². The number of benzene rings is 1. The van der Waals surface area contributed by atoms with Crippen LogP contribution in [0.4, 0.5) is 0 Å². The Morgan fingerprint density at radius 2 is 1.95 bits per heavy atom. The monoisotopic (exact) mass is 274 g/mol. The summed E-state index contributed by atoms with van der Waals surface area (Å²) < 4.78 is 0. The number of nitrogens with zero attached hydrogens (tertiary/aromatic N) is 1. The van der Waals surface area contributed by atoms with E-state index in [9.17, 15) is 4.79 Å². The molecule has 1 saturated carbocycles. The van der Waals surface area contributed by atoms with Crippen LogP contribution in [0, 0.1) is 5.92 Å². The zero-order valence-electron chi connectivity index (χ0n) is 12.6. The molecule has 110 valence electrons. The largest absolute Gasteiger partial charge is 0.352 e. The molecule has 1 fully saturated rings. The fourth-order valence-corrected chi connectivity index (χ4v) is 2.98. The molecule has 0 aromatic heterocycles. The first-order valence-electron chi connectivity index (χ1n) is 7.67. The van der Waals surface area contributed by atoms with Gasteiger partial charge in [-0.3, -0.25) is 9.69 Å². The highest BCUT2D eigenvalue weighted by molar-refractivity contribution is 5.78. The van der Waals surface area contributed by atoms with Gasteiger partial charge in [-0.2, -0.15) is 0 Å². The van der Waals surface area contributed by atoms with Crippen LogP contribution in [-0.2, 0) is 11.3 Å². The first kappa shape index (κ1) is 15.0. The van der Waals surface area contributed by atoms with Gasteiger partial charge in [-0.1, -0.05) is 50.1 Å². The van der Waals surface area contributed by atoms with Crippen molar-refractivity contribution in [2.24, 2.45) is 5.92 Å². The lowest BCUT2D eigenvalue weighted by Crippen LogP contribution is -2.44. The van der Waals surface area contributed by atoms with Crippen LogP contribution in [0.15, 0.2) is 30.3 Å². The third-order valence-electron chi connectivity index (χ3n) is 4.17. The highest BCUT2D eigenvalue weighted by Crippen LogP contribution is 2.23. The first-order valence-corrected chi connectivity index (χ1v) is 7.67. The van der Waals surface area contributed by atoms with E-state index >= 15 is 0 Å². The molecule has 1 aromatic rings. The van der Waals surface area contributed by atoms with Gasteiger partial charge in [-0.05, 0) is 31.4 Å². The molecule has 20 heavy (non-hydrogen) atoms. The van der Waals surface area contributed by atoms with Crippen LogP contribution >= 0.6 is 0 Å².